The van der Waals surface area contributed by atoms with E-state index in [0.717, 1.165) is 45.9 Å². The molecule has 2 heteroatoms. The van der Waals surface area contributed by atoms with Crippen LogP contribution in [0.2, 0.25) is 0 Å². The number of phenolic OH excluding ortho intramolecular Hbond substituents is 1. The molecule has 0 spiro atoms. The van der Waals surface area contributed by atoms with E-state index in [1.165, 1.54) is 5.56 Å². The van der Waals surface area contributed by atoms with Gasteiger partial charge in [0, 0.05) is 22.1 Å². The number of carbonyl (C=O) groups excluding carboxylic acids is 1. The number of benzene rings is 3. The Morgan fingerprint density at radius 3 is 2.22 bits per heavy atom. The number of ketones is 1. The van der Waals surface area contributed by atoms with Gasteiger partial charge in [-0.3, -0.25) is 4.79 Å². The molecule has 1 aliphatic carbocycles. The number of rotatable bonds is 2. The van der Waals surface area contributed by atoms with E-state index in [9.17, 15) is 9.90 Å². The van der Waals surface area contributed by atoms with Gasteiger partial charge in [-0.1, -0.05) is 38.1 Å². The highest BCUT2D eigenvalue weighted by molar-refractivity contribution is 6.26. The number of fused-ring (bicyclic) bond motifs is 5. The molecule has 4 rings (SSSR count). The van der Waals surface area contributed by atoms with Crippen LogP contribution >= 0.6 is 0 Å². The minimum Gasteiger partial charge on any atom is -0.507 e. The molecule has 0 heterocycles. The van der Waals surface area contributed by atoms with Crippen LogP contribution in [-0.2, 0) is 12.8 Å². The van der Waals surface area contributed by atoms with Gasteiger partial charge in [-0.2, -0.15) is 0 Å². The van der Waals surface area contributed by atoms with E-state index in [0.29, 0.717) is 5.56 Å². The summed E-state index contributed by atoms with van der Waals surface area (Å²) in [7, 11) is 0. The van der Waals surface area contributed by atoms with Gasteiger partial charge in [0.15, 0.2) is 5.78 Å². The molecule has 0 saturated carbocycles. The zero-order valence-electron chi connectivity index (χ0n) is 13.3. The second kappa shape index (κ2) is 4.95. The molecule has 0 amide bonds. The Morgan fingerprint density at radius 2 is 1.48 bits per heavy atom. The summed E-state index contributed by atoms with van der Waals surface area (Å²) in [5.41, 5.74) is 5.65. The summed E-state index contributed by atoms with van der Waals surface area (Å²) in [6.45, 7) is 4.18. The lowest BCUT2D eigenvalue weighted by atomic mass is 9.95. The fourth-order valence-electron chi connectivity index (χ4n) is 3.50. The lowest BCUT2D eigenvalue weighted by molar-refractivity contribution is 0.104. The molecule has 0 unspecified atom stereocenters. The van der Waals surface area contributed by atoms with Gasteiger partial charge in [0.2, 0.25) is 0 Å². The molecule has 3 aromatic carbocycles. The van der Waals surface area contributed by atoms with Crippen molar-refractivity contribution in [3.8, 4) is 16.9 Å². The first-order valence-corrected chi connectivity index (χ1v) is 8.10. The summed E-state index contributed by atoms with van der Waals surface area (Å²) in [5, 5.41) is 12.2. The topological polar surface area (TPSA) is 37.3 Å². The van der Waals surface area contributed by atoms with Crippen LogP contribution in [0.5, 0.6) is 5.75 Å². The molecule has 0 radical (unpaired) electrons. The van der Waals surface area contributed by atoms with E-state index in [2.05, 4.69) is 26.0 Å². The predicted octanol–water partition coefficient (Wildman–Crippen LogP) is 4.88. The minimum atomic E-state index is 0.0158. The van der Waals surface area contributed by atoms with E-state index in [1.807, 2.05) is 24.3 Å². The molecule has 2 nitrogen and oxygen atoms in total. The van der Waals surface area contributed by atoms with Crippen LogP contribution < -0.4 is 0 Å². The Bertz CT molecular complexity index is 967. The number of phenols is 1. The van der Waals surface area contributed by atoms with E-state index in [4.69, 9.17) is 0 Å². The van der Waals surface area contributed by atoms with Crippen molar-refractivity contribution in [2.45, 2.75) is 26.7 Å². The Morgan fingerprint density at radius 1 is 0.783 bits per heavy atom. The van der Waals surface area contributed by atoms with Crippen LogP contribution in [0.15, 0.2) is 42.5 Å². The maximum Gasteiger partial charge on any atom is 0.194 e. The number of aromatic hydroxyl groups is 1. The maximum absolute atomic E-state index is 12.8. The average Bonchev–Trinajstić information content (AvgIpc) is 2.86. The summed E-state index contributed by atoms with van der Waals surface area (Å²) in [6, 6.07) is 13.9. The smallest absolute Gasteiger partial charge is 0.194 e. The van der Waals surface area contributed by atoms with Gasteiger partial charge >= 0.3 is 0 Å². The van der Waals surface area contributed by atoms with Crippen molar-refractivity contribution in [2.75, 3.05) is 0 Å². The molecule has 1 N–H and O–H groups in total. The summed E-state index contributed by atoms with van der Waals surface area (Å²) in [4.78, 5) is 12.8. The minimum absolute atomic E-state index is 0.0158. The van der Waals surface area contributed by atoms with E-state index >= 15 is 0 Å². The molecule has 0 fully saturated rings. The third-order valence-electron chi connectivity index (χ3n) is 4.84. The van der Waals surface area contributed by atoms with Crippen molar-refractivity contribution >= 4 is 16.6 Å². The zero-order valence-corrected chi connectivity index (χ0v) is 13.3. The van der Waals surface area contributed by atoms with Gasteiger partial charge in [-0.05, 0) is 53.1 Å². The zero-order chi connectivity index (χ0) is 16.1. The van der Waals surface area contributed by atoms with Crippen molar-refractivity contribution in [3.63, 3.8) is 0 Å². The lowest BCUT2D eigenvalue weighted by Crippen LogP contribution is -1.96. The highest BCUT2D eigenvalue weighted by Crippen LogP contribution is 2.44. The largest absolute Gasteiger partial charge is 0.507 e. The van der Waals surface area contributed by atoms with Crippen LogP contribution in [0.1, 0.15) is 40.9 Å². The van der Waals surface area contributed by atoms with E-state index < -0.39 is 0 Å². The summed E-state index contributed by atoms with van der Waals surface area (Å²) < 4.78 is 0. The van der Waals surface area contributed by atoms with Crippen molar-refractivity contribution in [1.82, 2.24) is 0 Å². The normalized spacial score (nSPS) is 12.5. The van der Waals surface area contributed by atoms with Gasteiger partial charge in [0.25, 0.3) is 0 Å². The van der Waals surface area contributed by atoms with Crippen LogP contribution in [0.4, 0.5) is 0 Å². The number of aryl methyl sites for hydroxylation is 2. The van der Waals surface area contributed by atoms with Crippen LogP contribution in [0.25, 0.3) is 21.9 Å². The van der Waals surface area contributed by atoms with Crippen molar-refractivity contribution in [3.05, 3.63) is 64.7 Å². The van der Waals surface area contributed by atoms with Gasteiger partial charge in [0.1, 0.15) is 5.75 Å². The summed E-state index contributed by atoms with van der Waals surface area (Å²) in [6.07, 6.45) is 1.82. The van der Waals surface area contributed by atoms with Crippen molar-refractivity contribution in [2.24, 2.45) is 0 Å². The van der Waals surface area contributed by atoms with Crippen molar-refractivity contribution in [1.29, 1.82) is 0 Å². The molecule has 0 aromatic heterocycles. The second-order valence-electron chi connectivity index (χ2n) is 6.11. The molecule has 0 aliphatic heterocycles. The summed E-state index contributed by atoms with van der Waals surface area (Å²) >= 11 is 0. The quantitative estimate of drug-likeness (QED) is 0.573. The molecule has 114 valence electrons. The van der Waals surface area contributed by atoms with Gasteiger partial charge < -0.3 is 5.11 Å². The lowest BCUT2D eigenvalue weighted by Gasteiger charge is -2.10. The van der Waals surface area contributed by atoms with Crippen LogP contribution in [0.3, 0.4) is 0 Å². The molecular formula is C21H18O2. The van der Waals surface area contributed by atoms with Gasteiger partial charge in [-0.15, -0.1) is 0 Å². The van der Waals surface area contributed by atoms with E-state index in [1.54, 1.807) is 6.07 Å². The Hall–Kier alpha value is -2.61. The number of hydrogen-bond donors (Lipinski definition) is 1. The maximum atomic E-state index is 12.8. The first kappa shape index (κ1) is 14.0. The summed E-state index contributed by atoms with van der Waals surface area (Å²) in [5.74, 6) is 0.202. The van der Waals surface area contributed by atoms with Crippen molar-refractivity contribution < 1.29 is 9.90 Å². The molecule has 0 bridgehead atoms. The standard InChI is InChI=1S/C21H18O2/c1-3-12-5-7-14-16(9-12)19(22)11-18-20(14)15-8-6-13(4-2)10-17(15)21(18)23/h5-11,22H,3-4H2,1-2H3. The number of carbonyl (C=O) groups is 1. The Labute approximate surface area is 135 Å². The first-order chi connectivity index (χ1) is 11.1. The van der Waals surface area contributed by atoms with Crippen LogP contribution in [-0.4, -0.2) is 10.9 Å². The molecule has 23 heavy (non-hydrogen) atoms. The molecule has 0 atom stereocenters. The van der Waals surface area contributed by atoms with E-state index in [-0.39, 0.29) is 11.5 Å². The van der Waals surface area contributed by atoms with Gasteiger partial charge in [0.05, 0.1) is 0 Å². The van der Waals surface area contributed by atoms with Crippen LogP contribution in [0, 0.1) is 0 Å². The number of hydrogen-bond acceptors (Lipinski definition) is 2. The fourth-order valence-corrected chi connectivity index (χ4v) is 3.50. The Balaban J connectivity index is 2.08. The highest BCUT2D eigenvalue weighted by Gasteiger charge is 2.29. The first-order valence-electron chi connectivity index (χ1n) is 8.10. The average molecular weight is 302 g/mol. The fraction of sp³-hybridized carbons (Fsp3) is 0.190. The van der Waals surface area contributed by atoms with Gasteiger partial charge in [-0.25, -0.2) is 0 Å². The molecule has 1 aliphatic rings. The second-order valence-corrected chi connectivity index (χ2v) is 6.11. The third-order valence-corrected chi connectivity index (χ3v) is 4.84. The monoisotopic (exact) mass is 302 g/mol. The molecule has 0 saturated heterocycles. The Kier molecular flexibility index (Phi) is 3.02. The third kappa shape index (κ3) is 1.91. The molecular weight excluding hydrogens is 284 g/mol. The predicted molar refractivity (Wildman–Crippen MR) is 93.2 cm³/mol. The highest BCUT2D eigenvalue weighted by atomic mass is 16.3. The molecule has 3 aromatic rings. The SMILES string of the molecule is CCc1ccc2c(c1)C(=O)c1cc(O)c3cc(CC)ccc3c1-2.